The van der Waals surface area contributed by atoms with Gasteiger partial charge in [-0.15, -0.1) is 11.8 Å². The van der Waals surface area contributed by atoms with Crippen LogP contribution in [-0.2, 0) is 19.1 Å². The van der Waals surface area contributed by atoms with Gasteiger partial charge in [0.25, 0.3) is 0 Å². The first-order valence-electron chi connectivity index (χ1n) is 8.32. The van der Waals surface area contributed by atoms with Crippen LogP contribution in [0.25, 0.3) is 0 Å². The largest absolute Gasteiger partial charge is 0.469 e. The SMILES string of the molecule is COC(=O)[C@@H](C)[C@H]1CC[C@@](C)(OC(C)=O)[C@@H]1CSc1ccccc1. The lowest BCUT2D eigenvalue weighted by Gasteiger charge is -2.34. The molecule has 1 saturated carbocycles. The summed E-state index contributed by atoms with van der Waals surface area (Å²) < 4.78 is 10.6. The highest BCUT2D eigenvalue weighted by atomic mass is 32.2. The van der Waals surface area contributed by atoms with Gasteiger partial charge >= 0.3 is 11.9 Å². The fourth-order valence-corrected chi connectivity index (χ4v) is 5.03. The molecule has 2 rings (SSSR count). The average molecular weight is 350 g/mol. The van der Waals surface area contributed by atoms with Crippen molar-refractivity contribution >= 4 is 23.7 Å². The first kappa shape index (κ1) is 18.8. The van der Waals surface area contributed by atoms with Gasteiger partial charge in [-0.05, 0) is 37.8 Å². The number of hydrogen-bond donors (Lipinski definition) is 0. The number of esters is 2. The van der Waals surface area contributed by atoms with Crippen molar-refractivity contribution in [3.05, 3.63) is 30.3 Å². The van der Waals surface area contributed by atoms with Crippen molar-refractivity contribution in [1.82, 2.24) is 0 Å². The van der Waals surface area contributed by atoms with E-state index >= 15 is 0 Å². The fraction of sp³-hybridized carbons (Fsp3) is 0.579. The summed E-state index contributed by atoms with van der Waals surface area (Å²) in [5.74, 6) is 0.410. The van der Waals surface area contributed by atoms with Crippen LogP contribution in [0.15, 0.2) is 35.2 Å². The molecule has 0 heterocycles. The van der Waals surface area contributed by atoms with Crippen molar-refractivity contribution < 1.29 is 19.1 Å². The van der Waals surface area contributed by atoms with Crippen LogP contribution in [0.5, 0.6) is 0 Å². The quantitative estimate of drug-likeness (QED) is 0.575. The third-order valence-electron chi connectivity index (χ3n) is 5.04. The molecule has 0 unspecified atom stereocenters. The molecule has 24 heavy (non-hydrogen) atoms. The van der Waals surface area contributed by atoms with Crippen molar-refractivity contribution in [2.45, 2.75) is 44.1 Å². The Morgan fingerprint density at radius 1 is 1.33 bits per heavy atom. The standard InChI is InChI=1S/C19H26O4S/c1-13(18(21)22-4)16-10-11-19(3,23-14(2)20)17(16)12-24-15-8-6-5-7-9-15/h5-9,13,16-17H,10-12H2,1-4H3/t13-,16+,17+,19+/m0/s1. The number of benzene rings is 1. The second kappa shape index (κ2) is 8.06. The van der Waals surface area contributed by atoms with Crippen LogP contribution in [0.4, 0.5) is 0 Å². The van der Waals surface area contributed by atoms with Crippen LogP contribution in [0, 0.1) is 17.8 Å². The van der Waals surface area contributed by atoms with Crippen LogP contribution in [-0.4, -0.2) is 30.4 Å². The lowest BCUT2D eigenvalue weighted by Crippen LogP contribution is -2.40. The molecule has 5 heteroatoms. The second-order valence-corrected chi connectivity index (χ2v) is 7.74. The molecule has 132 valence electrons. The Hall–Kier alpha value is -1.49. The van der Waals surface area contributed by atoms with E-state index in [1.54, 1.807) is 11.8 Å². The number of rotatable bonds is 6. The highest BCUT2D eigenvalue weighted by Crippen LogP contribution is 2.48. The molecular weight excluding hydrogens is 324 g/mol. The smallest absolute Gasteiger partial charge is 0.308 e. The molecule has 0 spiro atoms. The van der Waals surface area contributed by atoms with E-state index in [1.807, 2.05) is 32.0 Å². The molecule has 1 aliphatic carbocycles. The first-order chi connectivity index (χ1) is 11.4. The van der Waals surface area contributed by atoms with Gasteiger partial charge in [0, 0.05) is 23.5 Å². The lowest BCUT2D eigenvalue weighted by atomic mass is 9.81. The molecule has 4 nitrogen and oxygen atoms in total. The molecule has 0 aliphatic heterocycles. The maximum absolute atomic E-state index is 12.0. The van der Waals surface area contributed by atoms with Crippen LogP contribution in [0.2, 0.25) is 0 Å². The van der Waals surface area contributed by atoms with Gasteiger partial charge in [0.05, 0.1) is 13.0 Å². The van der Waals surface area contributed by atoms with Gasteiger partial charge in [-0.2, -0.15) is 0 Å². The van der Waals surface area contributed by atoms with E-state index in [-0.39, 0.29) is 29.7 Å². The highest BCUT2D eigenvalue weighted by molar-refractivity contribution is 7.99. The van der Waals surface area contributed by atoms with Crippen molar-refractivity contribution in [3.63, 3.8) is 0 Å². The zero-order valence-corrected chi connectivity index (χ0v) is 15.6. The third-order valence-corrected chi connectivity index (χ3v) is 6.17. The van der Waals surface area contributed by atoms with E-state index in [9.17, 15) is 9.59 Å². The Labute approximate surface area is 148 Å². The predicted octanol–water partition coefficient (Wildman–Crippen LogP) is 3.94. The van der Waals surface area contributed by atoms with E-state index < -0.39 is 5.60 Å². The van der Waals surface area contributed by atoms with Gasteiger partial charge in [0.15, 0.2) is 0 Å². The van der Waals surface area contributed by atoms with Gasteiger partial charge in [0.2, 0.25) is 0 Å². The van der Waals surface area contributed by atoms with Crippen molar-refractivity contribution in [2.24, 2.45) is 17.8 Å². The summed E-state index contributed by atoms with van der Waals surface area (Å²) in [6.07, 6.45) is 1.64. The maximum Gasteiger partial charge on any atom is 0.308 e. The molecule has 1 aromatic rings. The van der Waals surface area contributed by atoms with Crippen molar-refractivity contribution in [1.29, 1.82) is 0 Å². The zero-order chi connectivity index (χ0) is 17.7. The zero-order valence-electron chi connectivity index (χ0n) is 14.8. The minimum absolute atomic E-state index is 0.112. The van der Waals surface area contributed by atoms with Gasteiger partial charge in [-0.1, -0.05) is 25.1 Å². The number of ether oxygens (including phenoxy) is 2. The topological polar surface area (TPSA) is 52.6 Å². The van der Waals surface area contributed by atoms with E-state index in [1.165, 1.54) is 18.9 Å². The summed E-state index contributed by atoms with van der Waals surface area (Å²) in [4.78, 5) is 24.8. The Bertz CT molecular complexity index is 574. The summed E-state index contributed by atoms with van der Waals surface area (Å²) in [5.41, 5.74) is -0.527. The van der Waals surface area contributed by atoms with Crippen molar-refractivity contribution in [2.75, 3.05) is 12.9 Å². The molecule has 0 amide bonds. The average Bonchev–Trinajstić information content (AvgIpc) is 2.87. The molecule has 1 aromatic carbocycles. The normalized spacial score (nSPS) is 27.5. The number of thioether (sulfide) groups is 1. The van der Waals surface area contributed by atoms with Crippen LogP contribution >= 0.6 is 11.8 Å². The van der Waals surface area contributed by atoms with Crippen LogP contribution in [0.3, 0.4) is 0 Å². The lowest BCUT2D eigenvalue weighted by molar-refractivity contribution is -0.159. The summed E-state index contributed by atoms with van der Waals surface area (Å²) in [6.45, 7) is 5.36. The number of carbonyl (C=O) groups is 2. The number of carbonyl (C=O) groups excluding carboxylic acids is 2. The van der Waals surface area contributed by atoms with Gasteiger partial charge < -0.3 is 9.47 Å². The Morgan fingerprint density at radius 3 is 2.58 bits per heavy atom. The predicted molar refractivity (Wildman–Crippen MR) is 94.7 cm³/mol. The Balaban J connectivity index is 2.18. The highest BCUT2D eigenvalue weighted by Gasteiger charge is 2.50. The molecule has 0 aromatic heterocycles. The van der Waals surface area contributed by atoms with Crippen LogP contribution < -0.4 is 0 Å². The third kappa shape index (κ3) is 4.32. The molecule has 0 radical (unpaired) electrons. The van der Waals surface area contributed by atoms with Crippen LogP contribution in [0.1, 0.15) is 33.6 Å². The maximum atomic E-state index is 12.0. The van der Waals surface area contributed by atoms with Gasteiger partial charge in [-0.3, -0.25) is 9.59 Å². The van der Waals surface area contributed by atoms with Gasteiger partial charge in [0.1, 0.15) is 5.60 Å². The molecule has 0 bridgehead atoms. The molecule has 0 N–H and O–H groups in total. The van der Waals surface area contributed by atoms with E-state index in [0.29, 0.717) is 0 Å². The molecule has 4 atom stereocenters. The van der Waals surface area contributed by atoms with Gasteiger partial charge in [-0.25, -0.2) is 0 Å². The van der Waals surface area contributed by atoms with E-state index in [2.05, 4.69) is 12.1 Å². The van der Waals surface area contributed by atoms with E-state index in [0.717, 1.165) is 18.6 Å². The summed E-state index contributed by atoms with van der Waals surface area (Å²) in [7, 11) is 1.42. The second-order valence-electron chi connectivity index (χ2n) is 6.65. The molecule has 1 fully saturated rings. The molecule has 1 aliphatic rings. The summed E-state index contributed by atoms with van der Waals surface area (Å²) >= 11 is 1.74. The monoisotopic (exact) mass is 350 g/mol. The first-order valence-corrected chi connectivity index (χ1v) is 9.31. The summed E-state index contributed by atoms with van der Waals surface area (Å²) in [6, 6.07) is 10.2. The summed E-state index contributed by atoms with van der Waals surface area (Å²) in [5, 5.41) is 0. The minimum atomic E-state index is -0.527. The van der Waals surface area contributed by atoms with E-state index in [4.69, 9.17) is 9.47 Å². The number of methoxy groups -OCH3 is 1. The van der Waals surface area contributed by atoms with Crippen molar-refractivity contribution in [3.8, 4) is 0 Å². The fourth-order valence-electron chi connectivity index (χ4n) is 3.71. The number of hydrogen-bond acceptors (Lipinski definition) is 5. The minimum Gasteiger partial charge on any atom is -0.469 e. The Kier molecular flexibility index (Phi) is 6.33. The Morgan fingerprint density at radius 2 is 2.00 bits per heavy atom. The molecular formula is C19H26O4S. The molecule has 0 saturated heterocycles.